The van der Waals surface area contributed by atoms with Crippen molar-refractivity contribution in [3.63, 3.8) is 0 Å². The maximum atomic E-state index is 4.83. The molecular weight excluding hydrogens is 311 g/mol. The molecule has 0 saturated carbocycles. The van der Waals surface area contributed by atoms with Gasteiger partial charge in [0.15, 0.2) is 0 Å². The van der Waals surface area contributed by atoms with Crippen LogP contribution in [0.5, 0.6) is 0 Å². The second kappa shape index (κ2) is 10.8. The van der Waals surface area contributed by atoms with E-state index in [4.69, 9.17) is 4.74 Å². The van der Waals surface area contributed by atoms with Crippen molar-refractivity contribution in [2.45, 2.75) is 13.8 Å². The summed E-state index contributed by atoms with van der Waals surface area (Å²) < 4.78 is 4.83. The molecule has 0 aliphatic rings. The molecule has 24 heavy (non-hydrogen) atoms. The SMILES string of the molecule is CCOCC.c1ccc(P(c2ccccc2)c2ccccc2)cc1. The van der Waals surface area contributed by atoms with E-state index >= 15 is 0 Å². The van der Waals surface area contributed by atoms with E-state index in [1.54, 1.807) is 0 Å². The van der Waals surface area contributed by atoms with Crippen molar-refractivity contribution in [1.82, 2.24) is 0 Å². The molecule has 0 heterocycles. The maximum Gasteiger partial charge on any atom is 0.0437 e. The summed E-state index contributed by atoms with van der Waals surface area (Å²) in [7, 11) is -0.446. The lowest BCUT2D eigenvalue weighted by Crippen LogP contribution is -2.20. The fourth-order valence-electron chi connectivity index (χ4n) is 2.38. The van der Waals surface area contributed by atoms with Crippen LogP contribution in [0.4, 0.5) is 0 Å². The highest BCUT2D eigenvalue weighted by atomic mass is 31.1. The zero-order valence-electron chi connectivity index (χ0n) is 14.4. The molecule has 0 fully saturated rings. The zero-order valence-corrected chi connectivity index (χ0v) is 15.3. The molecule has 0 bridgehead atoms. The summed E-state index contributed by atoms with van der Waals surface area (Å²) in [5.74, 6) is 0. The standard InChI is InChI=1S/C18H15P.C4H10O/c1-4-10-16(11-5-1)19(17-12-6-2-7-13-17)18-14-8-3-9-15-18;1-3-5-4-2/h1-15H;3-4H2,1-2H3. The third-order valence-electron chi connectivity index (χ3n) is 3.45. The molecule has 0 unspecified atom stereocenters. The highest BCUT2D eigenvalue weighted by Crippen LogP contribution is 2.32. The zero-order chi connectivity index (χ0) is 17.0. The van der Waals surface area contributed by atoms with Crippen molar-refractivity contribution in [3.05, 3.63) is 91.0 Å². The Hall–Kier alpha value is -1.95. The Bertz CT molecular complexity index is 572. The summed E-state index contributed by atoms with van der Waals surface area (Å²) in [6.45, 7) is 5.67. The van der Waals surface area contributed by atoms with Crippen molar-refractivity contribution in [1.29, 1.82) is 0 Å². The van der Waals surface area contributed by atoms with E-state index in [2.05, 4.69) is 91.0 Å². The summed E-state index contributed by atoms with van der Waals surface area (Å²) in [4.78, 5) is 0. The van der Waals surface area contributed by atoms with Gasteiger partial charge in [-0.1, -0.05) is 91.0 Å². The van der Waals surface area contributed by atoms with Crippen LogP contribution < -0.4 is 15.9 Å². The predicted molar refractivity (Wildman–Crippen MR) is 107 cm³/mol. The molecule has 0 aliphatic heterocycles. The molecule has 0 spiro atoms. The van der Waals surface area contributed by atoms with Crippen LogP contribution in [0.25, 0.3) is 0 Å². The van der Waals surface area contributed by atoms with Crippen molar-refractivity contribution in [2.24, 2.45) is 0 Å². The van der Waals surface area contributed by atoms with E-state index in [1.165, 1.54) is 15.9 Å². The first kappa shape index (κ1) is 18.4. The number of benzene rings is 3. The quantitative estimate of drug-likeness (QED) is 0.624. The monoisotopic (exact) mass is 336 g/mol. The number of hydrogen-bond donors (Lipinski definition) is 0. The Labute approximate surface area is 147 Å². The Kier molecular flexibility index (Phi) is 8.24. The minimum atomic E-state index is -0.446. The molecular formula is C22H25OP. The lowest BCUT2D eigenvalue weighted by Gasteiger charge is -2.18. The molecule has 0 aromatic heterocycles. The largest absolute Gasteiger partial charge is 0.382 e. The van der Waals surface area contributed by atoms with E-state index in [1.807, 2.05) is 13.8 Å². The van der Waals surface area contributed by atoms with Gasteiger partial charge in [0.1, 0.15) is 0 Å². The summed E-state index contributed by atoms with van der Waals surface area (Å²) in [6.07, 6.45) is 0. The molecule has 0 atom stereocenters. The Balaban J connectivity index is 0.000000368. The minimum absolute atomic E-state index is 0.446. The molecule has 3 aromatic rings. The summed E-state index contributed by atoms with van der Waals surface area (Å²) in [5.41, 5.74) is 0. The van der Waals surface area contributed by atoms with Crippen LogP contribution >= 0.6 is 7.92 Å². The molecule has 3 aromatic carbocycles. The molecule has 0 radical (unpaired) electrons. The first-order valence-electron chi connectivity index (χ1n) is 8.39. The third kappa shape index (κ3) is 5.60. The highest BCUT2D eigenvalue weighted by Gasteiger charge is 2.14. The van der Waals surface area contributed by atoms with Gasteiger partial charge < -0.3 is 4.74 Å². The van der Waals surface area contributed by atoms with E-state index in [0.717, 1.165) is 13.2 Å². The summed E-state index contributed by atoms with van der Waals surface area (Å²) in [5, 5.41) is 4.19. The van der Waals surface area contributed by atoms with Gasteiger partial charge in [-0.05, 0) is 37.7 Å². The highest BCUT2D eigenvalue weighted by molar-refractivity contribution is 7.79. The predicted octanol–water partition coefficient (Wildman–Crippen LogP) is 4.49. The van der Waals surface area contributed by atoms with Gasteiger partial charge in [-0.2, -0.15) is 0 Å². The molecule has 124 valence electrons. The van der Waals surface area contributed by atoms with Gasteiger partial charge in [-0.25, -0.2) is 0 Å². The van der Waals surface area contributed by atoms with Gasteiger partial charge in [0.05, 0.1) is 0 Å². The van der Waals surface area contributed by atoms with Gasteiger partial charge in [-0.15, -0.1) is 0 Å². The van der Waals surface area contributed by atoms with Gasteiger partial charge in [0.25, 0.3) is 0 Å². The fraction of sp³-hybridized carbons (Fsp3) is 0.182. The lowest BCUT2D eigenvalue weighted by molar-refractivity contribution is 0.162. The van der Waals surface area contributed by atoms with Crippen LogP contribution in [0.3, 0.4) is 0 Å². The topological polar surface area (TPSA) is 9.23 Å². The van der Waals surface area contributed by atoms with Gasteiger partial charge in [0.2, 0.25) is 0 Å². The number of hydrogen-bond acceptors (Lipinski definition) is 1. The first-order chi connectivity index (χ1) is 11.9. The van der Waals surface area contributed by atoms with E-state index in [-0.39, 0.29) is 0 Å². The number of ether oxygens (including phenoxy) is 1. The molecule has 0 N–H and O–H groups in total. The number of rotatable bonds is 5. The van der Waals surface area contributed by atoms with E-state index in [0.29, 0.717) is 0 Å². The van der Waals surface area contributed by atoms with Crippen molar-refractivity contribution >= 4 is 23.8 Å². The molecule has 1 nitrogen and oxygen atoms in total. The molecule has 2 heteroatoms. The second-order valence-corrected chi connectivity index (χ2v) is 7.34. The van der Waals surface area contributed by atoms with E-state index in [9.17, 15) is 0 Å². The summed E-state index contributed by atoms with van der Waals surface area (Å²) >= 11 is 0. The summed E-state index contributed by atoms with van der Waals surface area (Å²) in [6, 6.07) is 32.3. The van der Waals surface area contributed by atoms with Crippen LogP contribution in [-0.4, -0.2) is 13.2 Å². The molecule has 0 saturated heterocycles. The van der Waals surface area contributed by atoms with Crippen molar-refractivity contribution in [3.8, 4) is 0 Å². The molecule has 0 amide bonds. The Morgan fingerprint density at radius 1 is 0.542 bits per heavy atom. The van der Waals surface area contributed by atoms with Gasteiger partial charge in [-0.3, -0.25) is 0 Å². The van der Waals surface area contributed by atoms with Crippen LogP contribution in [0.15, 0.2) is 91.0 Å². The van der Waals surface area contributed by atoms with Crippen LogP contribution in [0.1, 0.15) is 13.8 Å². The average Bonchev–Trinajstić information content (AvgIpc) is 2.66. The first-order valence-corrected chi connectivity index (χ1v) is 9.74. The van der Waals surface area contributed by atoms with E-state index < -0.39 is 7.92 Å². The average molecular weight is 336 g/mol. The van der Waals surface area contributed by atoms with Crippen LogP contribution in [0.2, 0.25) is 0 Å². The van der Waals surface area contributed by atoms with Crippen molar-refractivity contribution < 1.29 is 4.74 Å². The fourth-order valence-corrected chi connectivity index (χ4v) is 4.69. The second-order valence-electron chi connectivity index (χ2n) is 5.12. The normalized spacial score (nSPS) is 10.1. The third-order valence-corrected chi connectivity index (χ3v) is 5.90. The van der Waals surface area contributed by atoms with Crippen LogP contribution in [0, 0.1) is 0 Å². The Morgan fingerprint density at radius 2 is 0.833 bits per heavy atom. The van der Waals surface area contributed by atoms with Gasteiger partial charge in [0, 0.05) is 13.2 Å². The van der Waals surface area contributed by atoms with Crippen LogP contribution in [-0.2, 0) is 4.74 Å². The minimum Gasteiger partial charge on any atom is -0.382 e. The smallest absolute Gasteiger partial charge is 0.0437 e. The Morgan fingerprint density at radius 3 is 1.04 bits per heavy atom. The van der Waals surface area contributed by atoms with Crippen molar-refractivity contribution in [2.75, 3.05) is 13.2 Å². The maximum absolute atomic E-state index is 4.83. The molecule has 0 aliphatic carbocycles. The molecule has 3 rings (SSSR count). The van der Waals surface area contributed by atoms with Gasteiger partial charge >= 0.3 is 0 Å². The lowest BCUT2D eigenvalue weighted by atomic mass is 10.4.